The smallest absolute Gasteiger partial charge is 0.237 e. The normalized spacial score (nSPS) is 17.7. The molecule has 40 heavy (non-hydrogen) atoms. The molecule has 1 amide bonds. The van der Waals surface area contributed by atoms with Gasteiger partial charge in [0.1, 0.15) is 24.5 Å². The first kappa shape index (κ1) is 30.8. The summed E-state index contributed by atoms with van der Waals surface area (Å²) in [6.07, 6.45) is 7.52. The Morgan fingerprint density at radius 2 is 1.82 bits per heavy atom. The Bertz CT molecular complexity index is 1150. The number of phenols is 1. The molecule has 9 heteroatoms. The van der Waals surface area contributed by atoms with Crippen molar-refractivity contribution in [3.8, 4) is 5.75 Å². The summed E-state index contributed by atoms with van der Waals surface area (Å²) in [5, 5.41) is 12.1. The predicted octanol–water partition coefficient (Wildman–Crippen LogP) is 3.23. The number of aldehydes is 2. The molecule has 2 aliphatic heterocycles. The predicted molar refractivity (Wildman–Crippen MR) is 157 cm³/mol. The largest absolute Gasteiger partial charge is 0.508 e. The minimum atomic E-state index is -0.470. The number of amides is 1. The number of hydrogen-bond donors (Lipinski definition) is 2. The lowest BCUT2D eigenvalue weighted by molar-refractivity contribution is -0.126. The Balaban J connectivity index is 0.000000221. The van der Waals surface area contributed by atoms with Crippen molar-refractivity contribution in [1.29, 1.82) is 0 Å². The van der Waals surface area contributed by atoms with Gasteiger partial charge in [-0.3, -0.25) is 19.4 Å². The Labute approximate surface area is 238 Å². The van der Waals surface area contributed by atoms with Crippen LogP contribution in [0.2, 0.25) is 0 Å². The molecule has 2 aliphatic rings. The van der Waals surface area contributed by atoms with Gasteiger partial charge in [-0.25, -0.2) is 0 Å². The van der Waals surface area contributed by atoms with Crippen LogP contribution in [0.3, 0.4) is 0 Å². The molecule has 0 radical (unpaired) electrons. The Morgan fingerprint density at radius 3 is 2.45 bits per heavy atom. The van der Waals surface area contributed by atoms with E-state index in [0.29, 0.717) is 36.5 Å². The van der Waals surface area contributed by atoms with E-state index in [2.05, 4.69) is 70.6 Å². The Kier molecular flexibility index (Phi) is 11.7. The highest BCUT2D eigenvalue weighted by atomic mass is 16.3. The molecule has 0 spiro atoms. The summed E-state index contributed by atoms with van der Waals surface area (Å²) in [7, 11) is 7.66. The summed E-state index contributed by atoms with van der Waals surface area (Å²) in [5.74, 6) is -0.124. The molecule has 1 saturated heterocycles. The lowest BCUT2D eigenvalue weighted by atomic mass is 10.0. The Morgan fingerprint density at radius 1 is 1.12 bits per heavy atom. The van der Waals surface area contributed by atoms with Gasteiger partial charge in [0.15, 0.2) is 0 Å². The van der Waals surface area contributed by atoms with Crippen LogP contribution in [-0.4, -0.2) is 97.1 Å². The average Bonchev–Trinajstić information content (AvgIpc) is 3.56. The first-order chi connectivity index (χ1) is 19.3. The fourth-order valence-corrected chi connectivity index (χ4v) is 5.40. The van der Waals surface area contributed by atoms with E-state index in [4.69, 9.17) is 0 Å². The summed E-state index contributed by atoms with van der Waals surface area (Å²) in [6.45, 7) is 3.92. The molecule has 2 aromatic carbocycles. The molecule has 1 fully saturated rings. The SMILES string of the molecule is CN1C=C(CN2CCCC2)N(C)C1c1ccccc1.CNC(=O)C(CCC=O)N(C)Cc1cc(O)ccc1C=O. The first-order valence-electron chi connectivity index (χ1n) is 13.8. The number of nitrogens with one attached hydrogen (secondary N) is 1. The van der Waals surface area contributed by atoms with Crippen LogP contribution in [0.15, 0.2) is 60.4 Å². The number of carbonyl (C=O) groups excluding carboxylic acids is 3. The highest BCUT2D eigenvalue weighted by Crippen LogP contribution is 2.32. The molecule has 2 heterocycles. The molecule has 2 aromatic rings. The van der Waals surface area contributed by atoms with Crippen molar-refractivity contribution in [3.05, 3.63) is 77.1 Å². The van der Waals surface area contributed by atoms with Crippen molar-refractivity contribution in [2.24, 2.45) is 0 Å². The van der Waals surface area contributed by atoms with Gasteiger partial charge in [-0.05, 0) is 68.7 Å². The number of carbonyl (C=O) groups is 3. The van der Waals surface area contributed by atoms with Gasteiger partial charge in [-0.15, -0.1) is 0 Å². The topological polar surface area (TPSA) is 96.4 Å². The molecule has 216 valence electrons. The number of benzene rings is 2. The summed E-state index contributed by atoms with van der Waals surface area (Å²) < 4.78 is 0. The summed E-state index contributed by atoms with van der Waals surface area (Å²) in [4.78, 5) is 42.5. The van der Waals surface area contributed by atoms with E-state index >= 15 is 0 Å². The van der Waals surface area contributed by atoms with Crippen LogP contribution < -0.4 is 5.32 Å². The van der Waals surface area contributed by atoms with Gasteiger partial charge in [0.2, 0.25) is 5.91 Å². The highest BCUT2D eigenvalue weighted by molar-refractivity contribution is 5.82. The highest BCUT2D eigenvalue weighted by Gasteiger charge is 2.29. The van der Waals surface area contributed by atoms with E-state index in [0.717, 1.165) is 12.8 Å². The lowest BCUT2D eigenvalue weighted by Gasteiger charge is -2.30. The van der Waals surface area contributed by atoms with Gasteiger partial charge in [-0.1, -0.05) is 30.3 Å². The van der Waals surface area contributed by atoms with Gasteiger partial charge < -0.3 is 25.0 Å². The number of likely N-dealkylation sites (N-methyl/N-ethyl adjacent to an activating group) is 3. The van der Waals surface area contributed by atoms with Crippen molar-refractivity contribution >= 4 is 18.5 Å². The number of likely N-dealkylation sites (tertiary alicyclic amines) is 1. The van der Waals surface area contributed by atoms with Crippen molar-refractivity contribution < 1.29 is 19.5 Å². The molecule has 4 rings (SSSR count). The number of aromatic hydroxyl groups is 1. The fraction of sp³-hybridized carbons (Fsp3) is 0.452. The molecule has 2 atom stereocenters. The van der Waals surface area contributed by atoms with Gasteiger partial charge in [0.25, 0.3) is 0 Å². The number of nitrogens with zero attached hydrogens (tertiary/aromatic N) is 4. The second-order valence-corrected chi connectivity index (χ2v) is 10.5. The van der Waals surface area contributed by atoms with Gasteiger partial charge in [0.05, 0.1) is 6.04 Å². The zero-order valence-corrected chi connectivity index (χ0v) is 24.1. The standard InChI is InChI=1S/C16H23N3.C15H20N2O4/c1-17-12-15(13-19-10-6-7-11-19)18(2)16(17)14-8-4-3-5-9-14;1-16-15(21)14(4-3-7-18)17(2)9-12-8-13(20)6-5-11(12)10-19/h3-5,8-9,12,16H,6-7,10-11,13H2,1-2H3;5-8,10,14,20H,3-4,9H2,1-2H3,(H,16,21). The second kappa shape index (κ2) is 15.2. The average molecular weight is 550 g/mol. The number of rotatable bonds is 11. The van der Waals surface area contributed by atoms with Crippen molar-refractivity contribution in [3.63, 3.8) is 0 Å². The molecular weight excluding hydrogens is 506 g/mol. The van der Waals surface area contributed by atoms with E-state index in [1.54, 1.807) is 11.9 Å². The molecule has 0 aliphatic carbocycles. The minimum absolute atomic E-state index is 0.0633. The zero-order valence-electron chi connectivity index (χ0n) is 24.1. The van der Waals surface area contributed by atoms with Crippen LogP contribution in [0.4, 0.5) is 0 Å². The van der Waals surface area contributed by atoms with Crippen LogP contribution >= 0.6 is 0 Å². The van der Waals surface area contributed by atoms with E-state index in [-0.39, 0.29) is 18.1 Å². The van der Waals surface area contributed by atoms with Crippen molar-refractivity contribution in [2.45, 2.75) is 44.4 Å². The van der Waals surface area contributed by atoms with Gasteiger partial charge >= 0.3 is 0 Å². The Hall–Kier alpha value is -3.69. The van der Waals surface area contributed by atoms with Crippen LogP contribution in [0.1, 0.15) is 53.3 Å². The van der Waals surface area contributed by atoms with E-state index < -0.39 is 6.04 Å². The first-order valence-corrected chi connectivity index (χ1v) is 13.8. The molecule has 0 bridgehead atoms. The third-order valence-corrected chi connectivity index (χ3v) is 7.55. The van der Waals surface area contributed by atoms with E-state index in [9.17, 15) is 19.5 Å². The summed E-state index contributed by atoms with van der Waals surface area (Å²) in [5.41, 5.74) is 3.89. The maximum Gasteiger partial charge on any atom is 0.237 e. The lowest BCUT2D eigenvalue weighted by Crippen LogP contribution is -2.43. The van der Waals surface area contributed by atoms with Gasteiger partial charge in [-0.2, -0.15) is 0 Å². The van der Waals surface area contributed by atoms with Crippen LogP contribution in [0.5, 0.6) is 5.75 Å². The van der Waals surface area contributed by atoms with E-state index in [1.807, 2.05) is 0 Å². The number of hydrogen-bond acceptors (Lipinski definition) is 8. The molecule has 9 nitrogen and oxygen atoms in total. The van der Waals surface area contributed by atoms with Crippen molar-refractivity contribution in [2.75, 3.05) is 47.8 Å². The second-order valence-electron chi connectivity index (χ2n) is 10.5. The monoisotopic (exact) mass is 549 g/mol. The fourth-order valence-electron chi connectivity index (χ4n) is 5.40. The molecule has 0 aromatic heterocycles. The third kappa shape index (κ3) is 8.16. The molecule has 2 N–H and O–H groups in total. The quantitative estimate of drug-likeness (QED) is 0.413. The van der Waals surface area contributed by atoms with E-state index in [1.165, 1.54) is 62.4 Å². The van der Waals surface area contributed by atoms with Crippen molar-refractivity contribution in [1.82, 2.24) is 24.9 Å². The zero-order chi connectivity index (χ0) is 29.1. The minimum Gasteiger partial charge on any atom is -0.508 e. The molecule has 0 saturated carbocycles. The third-order valence-electron chi connectivity index (χ3n) is 7.55. The maximum absolute atomic E-state index is 11.9. The molecule has 2 unspecified atom stereocenters. The number of phenolic OH excluding ortho intramolecular Hbond substituents is 1. The molecular formula is C31H43N5O4. The van der Waals surface area contributed by atoms with Gasteiger partial charge in [0, 0.05) is 58.1 Å². The van der Waals surface area contributed by atoms with Crippen LogP contribution in [0, 0.1) is 0 Å². The van der Waals surface area contributed by atoms with Crippen LogP contribution in [0.25, 0.3) is 0 Å². The summed E-state index contributed by atoms with van der Waals surface area (Å²) in [6, 6.07) is 14.8. The maximum atomic E-state index is 11.9. The summed E-state index contributed by atoms with van der Waals surface area (Å²) >= 11 is 0. The van der Waals surface area contributed by atoms with Crippen LogP contribution in [-0.2, 0) is 16.1 Å².